The van der Waals surface area contributed by atoms with Crippen LogP contribution in [-0.4, -0.2) is 6.66 Å². The fraction of sp³-hybridized carbons (Fsp3) is 0.200. The molecule has 0 saturated carbocycles. The van der Waals surface area contributed by atoms with Gasteiger partial charge in [0.15, 0.2) is 0 Å². The van der Waals surface area contributed by atoms with Gasteiger partial charge in [-0.05, 0) is 52.2 Å². The van der Waals surface area contributed by atoms with Gasteiger partial charge in [0, 0.05) is 11.1 Å². The number of halogens is 1. The average molecular weight is 354 g/mol. The minimum atomic E-state index is -2.97. The van der Waals surface area contributed by atoms with E-state index in [1.165, 1.54) is 5.56 Å². The van der Waals surface area contributed by atoms with E-state index >= 15 is 0 Å². The van der Waals surface area contributed by atoms with E-state index in [9.17, 15) is 4.57 Å². The van der Waals surface area contributed by atoms with Gasteiger partial charge in [-0.15, -0.1) is 0 Å². The van der Waals surface area contributed by atoms with E-state index in [4.69, 9.17) is 4.52 Å². The molecule has 0 bridgehead atoms. The molecule has 2 aromatic rings. The van der Waals surface area contributed by atoms with Crippen molar-refractivity contribution in [1.29, 1.82) is 0 Å². The molecule has 0 spiro atoms. The van der Waals surface area contributed by atoms with Crippen molar-refractivity contribution in [1.82, 2.24) is 0 Å². The molecule has 20 heavy (non-hydrogen) atoms. The van der Waals surface area contributed by atoms with Gasteiger partial charge in [-0.1, -0.05) is 31.2 Å². The molecule has 0 unspecified atom stereocenters. The van der Waals surface area contributed by atoms with E-state index < -0.39 is 7.52 Å². The zero-order chi connectivity index (χ0) is 14.6. The SMILES string of the molecule is CCc1ccc(O[P@@](C)(=O)Nc2ccccc2Br)cc1. The minimum absolute atomic E-state index is 0.604. The fourth-order valence-corrected chi connectivity index (χ4v) is 3.52. The van der Waals surface area contributed by atoms with Gasteiger partial charge in [-0.2, -0.15) is 0 Å². The van der Waals surface area contributed by atoms with E-state index in [0.717, 1.165) is 16.6 Å². The first-order valence-corrected chi connectivity index (χ1v) is 9.25. The lowest BCUT2D eigenvalue weighted by molar-refractivity contribution is 0.493. The molecule has 0 aliphatic heterocycles. The molecule has 0 aliphatic rings. The fourth-order valence-electron chi connectivity index (χ4n) is 1.78. The summed E-state index contributed by atoms with van der Waals surface area (Å²) >= 11 is 3.41. The van der Waals surface area contributed by atoms with Crippen molar-refractivity contribution >= 4 is 29.1 Å². The summed E-state index contributed by atoms with van der Waals surface area (Å²) in [6.07, 6.45) is 0.972. The van der Waals surface area contributed by atoms with Crippen LogP contribution in [-0.2, 0) is 11.0 Å². The monoisotopic (exact) mass is 353 g/mol. The minimum Gasteiger partial charge on any atom is -0.429 e. The molecule has 106 valence electrons. The third-order valence-electron chi connectivity index (χ3n) is 2.81. The van der Waals surface area contributed by atoms with E-state index in [0.29, 0.717) is 5.75 Å². The first-order chi connectivity index (χ1) is 9.50. The van der Waals surface area contributed by atoms with Crippen molar-refractivity contribution in [3.8, 4) is 5.75 Å². The van der Waals surface area contributed by atoms with Gasteiger partial charge < -0.3 is 9.61 Å². The van der Waals surface area contributed by atoms with Gasteiger partial charge in [-0.3, -0.25) is 4.57 Å². The van der Waals surface area contributed by atoms with Gasteiger partial charge in [-0.25, -0.2) is 0 Å². The van der Waals surface area contributed by atoms with Gasteiger partial charge in [0.25, 0.3) is 0 Å². The van der Waals surface area contributed by atoms with Gasteiger partial charge in [0.05, 0.1) is 5.69 Å². The highest BCUT2D eigenvalue weighted by molar-refractivity contribution is 9.10. The van der Waals surface area contributed by atoms with Crippen molar-refractivity contribution < 1.29 is 9.09 Å². The van der Waals surface area contributed by atoms with Gasteiger partial charge in [0.1, 0.15) is 5.75 Å². The molecule has 2 rings (SSSR count). The number of rotatable bonds is 5. The summed E-state index contributed by atoms with van der Waals surface area (Å²) < 4.78 is 18.9. The van der Waals surface area contributed by atoms with Crippen LogP contribution < -0.4 is 9.61 Å². The number of anilines is 1. The predicted octanol–water partition coefficient (Wildman–Crippen LogP) is 5.33. The van der Waals surface area contributed by atoms with Crippen LogP contribution in [0.25, 0.3) is 0 Å². The first-order valence-electron chi connectivity index (χ1n) is 6.39. The summed E-state index contributed by atoms with van der Waals surface area (Å²) in [5.74, 6) is 0.604. The third-order valence-corrected chi connectivity index (χ3v) is 4.71. The molecule has 0 heterocycles. The smallest absolute Gasteiger partial charge is 0.338 e. The van der Waals surface area contributed by atoms with Crippen LogP contribution in [0.5, 0.6) is 5.75 Å². The standard InChI is InChI=1S/C15H17BrNO2P/c1-3-12-8-10-13(11-9-12)19-20(2,18)17-15-7-5-4-6-14(15)16/h4-11H,3H2,1-2H3,(H,17,18)/t20-/m1/s1. The normalized spacial score (nSPS) is 13.6. The molecule has 0 fully saturated rings. The van der Waals surface area contributed by atoms with E-state index in [-0.39, 0.29) is 0 Å². The highest BCUT2D eigenvalue weighted by atomic mass is 79.9. The molecule has 3 nitrogen and oxygen atoms in total. The molecule has 0 radical (unpaired) electrons. The summed E-state index contributed by atoms with van der Waals surface area (Å²) in [5, 5.41) is 2.95. The molecular weight excluding hydrogens is 337 g/mol. The molecule has 0 aliphatic carbocycles. The summed E-state index contributed by atoms with van der Waals surface area (Å²) in [4.78, 5) is 0. The van der Waals surface area contributed by atoms with Crippen LogP contribution in [0.4, 0.5) is 5.69 Å². The van der Waals surface area contributed by atoms with Crippen molar-refractivity contribution in [2.24, 2.45) is 0 Å². The molecule has 5 heteroatoms. The lowest BCUT2D eigenvalue weighted by Gasteiger charge is -2.18. The summed E-state index contributed by atoms with van der Waals surface area (Å²) in [7, 11) is -2.97. The highest BCUT2D eigenvalue weighted by Crippen LogP contribution is 2.44. The maximum Gasteiger partial charge on any atom is 0.338 e. The van der Waals surface area contributed by atoms with E-state index in [2.05, 4.69) is 27.9 Å². The largest absolute Gasteiger partial charge is 0.429 e. The van der Waals surface area contributed by atoms with E-state index in [1.807, 2.05) is 48.5 Å². The molecule has 0 amide bonds. The van der Waals surface area contributed by atoms with Crippen molar-refractivity contribution in [3.05, 3.63) is 58.6 Å². The summed E-state index contributed by atoms with van der Waals surface area (Å²) in [6, 6.07) is 15.2. The second-order valence-electron chi connectivity index (χ2n) is 4.53. The Hall–Kier alpha value is -1.25. The average Bonchev–Trinajstić information content (AvgIpc) is 2.41. The Morgan fingerprint density at radius 1 is 1.15 bits per heavy atom. The number of para-hydroxylation sites is 1. The van der Waals surface area contributed by atoms with Crippen molar-refractivity contribution in [2.45, 2.75) is 13.3 Å². The van der Waals surface area contributed by atoms with Crippen LogP contribution in [0.15, 0.2) is 53.0 Å². The molecular formula is C15H17BrNO2P. The lowest BCUT2D eigenvalue weighted by atomic mass is 10.2. The van der Waals surface area contributed by atoms with Crippen molar-refractivity contribution in [2.75, 3.05) is 11.8 Å². The second kappa shape index (κ2) is 6.47. The Kier molecular flexibility index (Phi) is 4.90. The number of hydrogen-bond donors (Lipinski definition) is 1. The Bertz CT molecular complexity index is 628. The third kappa shape index (κ3) is 4.12. The molecule has 1 N–H and O–H groups in total. The van der Waals surface area contributed by atoms with Crippen LogP contribution in [0, 0.1) is 0 Å². The Balaban J connectivity index is 2.10. The summed E-state index contributed by atoms with van der Waals surface area (Å²) in [5.41, 5.74) is 1.98. The first kappa shape index (κ1) is 15.1. The zero-order valence-corrected chi connectivity index (χ0v) is 13.9. The molecule has 1 atom stereocenters. The Labute approximate surface area is 128 Å². The quantitative estimate of drug-likeness (QED) is 0.738. The molecule has 0 saturated heterocycles. The number of nitrogens with one attached hydrogen (secondary N) is 1. The van der Waals surface area contributed by atoms with Crippen LogP contribution in [0.1, 0.15) is 12.5 Å². The highest BCUT2D eigenvalue weighted by Gasteiger charge is 2.18. The maximum atomic E-state index is 12.5. The second-order valence-corrected chi connectivity index (χ2v) is 7.48. The van der Waals surface area contributed by atoms with Crippen LogP contribution in [0.3, 0.4) is 0 Å². The van der Waals surface area contributed by atoms with Crippen LogP contribution >= 0.6 is 23.4 Å². The topological polar surface area (TPSA) is 38.3 Å². The molecule has 0 aromatic heterocycles. The maximum absolute atomic E-state index is 12.5. The Morgan fingerprint density at radius 3 is 2.40 bits per heavy atom. The number of hydrogen-bond acceptors (Lipinski definition) is 2. The van der Waals surface area contributed by atoms with E-state index in [1.54, 1.807) is 6.66 Å². The van der Waals surface area contributed by atoms with Gasteiger partial charge >= 0.3 is 7.52 Å². The Morgan fingerprint density at radius 2 is 1.80 bits per heavy atom. The molecule has 2 aromatic carbocycles. The number of aryl methyl sites for hydroxylation is 1. The van der Waals surface area contributed by atoms with Crippen molar-refractivity contribution in [3.63, 3.8) is 0 Å². The summed E-state index contributed by atoms with van der Waals surface area (Å²) in [6.45, 7) is 3.66. The lowest BCUT2D eigenvalue weighted by Crippen LogP contribution is -2.02. The zero-order valence-electron chi connectivity index (χ0n) is 11.5. The predicted molar refractivity (Wildman–Crippen MR) is 87.7 cm³/mol. The van der Waals surface area contributed by atoms with Gasteiger partial charge in [0.2, 0.25) is 0 Å². The van der Waals surface area contributed by atoms with Crippen LogP contribution in [0.2, 0.25) is 0 Å². The number of benzene rings is 2.